The Morgan fingerprint density at radius 3 is 2.80 bits per heavy atom. The summed E-state index contributed by atoms with van der Waals surface area (Å²) < 4.78 is 1.82. The van der Waals surface area contributed by atoms with Gasteiger partial charge in [-0.05, 0) is 19.0 Å². The number of hydrogen-bond donors (Lipinski definition) is 1. The first-order valence-electron chi connectivity index (χ1n) is 3.43. The van der Waals surface area contributed by atoms with Gasteiger partial charge in [-0.1, -0.05) is 0 Å². The van der Waals surface area contributed by atoms with E-state index in [0.29, 0.717) is 6.54 Å². The van der Waals surface area contributed by atoms with Crippen molar-refractivity contribution in [1.29, 1.82) is 0 Å². The molecule has 3 nitrogen and oxygen atoms in total. The van der Waals surface area contributed by atoms with E-state index >= 15 is 0 Å². The van der Waals surface area contributed by atoms with E-state index in [1.54, 1.807) is 0 Å². The smallest absolute Gasteiger partial charge is 0.0666 e. The van der Waals surface area contributed by atoms with Crippen LogP contribution in [0, 0.1) is 6.92 Å². The minimum Gasteiger partial charge on any atom is -0.330 e. The first kappa shape index (κ1) is 7.28. The third-order valence-corrected chi connectivity index (χ3v) is 1.50. The van der Waals surface area contributed by atoms with Crippen LogP contribution in [0.5, 0.6) is 0 Å². The minimum absolute atomic E-state index is 0.678. The summed E-state index contributed by atoms with van der Waals surface area (Å²) in [7, 11) is 1.92. The fourth-order valence-corrected chi connectivity index (χ4v) is 1.04. The maximum Gasteiger partial charge on any atom is 0.0666 e. The molecule has 0 radical (unpaired) electrons. The molecule has 1 aromatic heterocycles. The van der Waals surface area contributed by atoms with E-state index in [1.165, 1.54) is 5.56 Å². The second kappa shape index (κ2) is 2.84. The molecule has 0 aliphatic carbocycles. The predicted octanol–water partition coefficient (Wildman–Crippen LogP) is 0.230. The molecule has 1 aromatic rings. The third kappa shape index (κ3) is 1.36. The van der Waals surface area contributed by atoms with Gasteiger partial charge >= 0.3 is 0 Å². The minimum atomic E-state index is 0.678. The number of rotatable bonds is 2. The van der Waals surface area contributed by atoms with Crippen molar-refractivity contribution in [2.24, 2.45) is 12.8 Å². The molecule has 0 saturated carbocycles. The van der Waals surface area contributed by atoms with E-state index < -0.39 is 0 Å². The van der Waals surface area contributed by atoms with Crippen LogP contribution >= 0.6 is 0 Å². The van der Waals surface area contributed by atoms with Crippen LogP contribution in [-0.2, 0) is 13.5 Å². The zero-order chi connectivity index (χ0) is 7.56. The van der Waals surface area contributed by atoms with Crippen LogP contribution in [0.1, 0.15) is 11.3 Å². The van der Waals surface area contributed by atoms with Gasteiger partial charge in [-0.15, -0.1) is 0 Å². The van der Waals surface area contributed by atoms with Gasteiger partial charge in [0.15, 0.2) is 0 Å². The standard InChI is InChI=1S/C7H13N3/c1-6-5-10(2)9-7(6)3-4-8/h5H,3-4,8H2,1-2H3. The van der Waals surface area contributed by atoms with Gasteiger partial charge in [0.05, 0.1) is 5.69 Å². The summed E-state index contributed by atoms with van der Waals surface area (Å²) in [6.45, 7) is 2.73. The summed E-state index contributed by atoms with van der Waals surface area (Å²) in [5.74, 6) is 0. The number of aryl methyl sites for hydroxylation is 2. The highest BCUT2D eigenvalue weighted by molar-refractivity contribution is 5.14. The lowest BCUT2D eigenvalue weighted by Crippen LogP contribution is -2.04. The van der Waals surface area contributed by atoms with Gasteiger partial charge in [-0.2, -0.15) is 5.10 Å². The van der Waals surface area contributed by atoms with Crippen LogP contribution in [0.25, 0.3) is 0 Å². The van der Waals surface area contributed by atoms with E-state index in [1.807, 2.05) is 17.9 Å². The van der Waals surface area contributed by atoms with Crippen LogP contribution in [-0.4, -0.2) is 16.3 Å². The molecule has 0 atom stereocenters. The molecule has 0 bridgehead atoms. The molecule has 1 rings (SSSR count). The van der Waals surface area contributed by atoms with Crippen LogP contribution in [0.4, 0.5) is 0 Å². The fourth-order valence-electron chi connectivity index (χ4n) is 1.04. The molecule has 0 aliphatic heterocycles. The van der Waals surface area contributed by atoms with Crippen LogP contribution < -0.4 is 5.73 Å². The molecule has 2 N–H and O–H groups in total. The van der Waals surface area contributed by atoms with Crippen molar-refractivity contribution in [2.45, 2.75) is 13.3 Å². The molecule has 0 amide bonds. The largest absolute Gasteiger partial charge is 0.330 e. The van der Waals surface area contributed by atoms with Crippen molar-refractivity contribution in [1.82, 2.24) is 9.78 Å². The highest BCUT2D eigenvalue weighted by Crippen LogP contribution is 2.03. The zero-order valence-electron chi connectivity index (χ0n) is 6.46. The Balaban J connectivity index is 2.81. The monoisotopic (exact) mass is 139 g/mol. The van der Waals surface area contributed by atoms with Gasteiger partial charge < -0.3 is 5.73 Å². The summed E-state index contributed by atoms with van der Waals surface area (Å²) in [4.78, 5) is 0. The average Bonchev–Trinajstić information content (AvgIpc) is 2.13. The topological polar surface area (TPSA) is 43.8 Å². The number of hydrogen-bond acceptors (Lipinski definition) is 2. The molecule has 1 heterocycles. The number of nitrogens with two attached hydrogens (primary N) is 1. The Morgan fingerprint density at radius 1 is 1.70 bits per heavy atom. The maximum atomic E-state index is 5.39. The van der Waals surface area contributed by atoms with E-state index in [-0.39, 0.29) is 0 Å². The number of aromatic nitrogens is 2. The van der Waals surface area contributed by atoms with Crippen molar-refractivity contribution >= 4 is 0 Å². The lowest BCUT2D eigenvalue weighted by molar-refractivity contribution is 0.739. The van der Waals surface area contributed by atoms with E-state index in [9.17, 15) is 0 Å². The first-order valence-corrected chi connectivity index (χ1v) is 3.43. The summed E-state index contributed by atoms with van der Waals surface area (Å²) in [6.07, 6.45) is 2.89. The van der Waals surface area contributed by atoms with E-state index in [2.05, 4.69) is 12.0 Å². The Labute approximate surface area is 60.8 Å². The summed E-state index contributed by atoms with van der Waals surface area (Å²) in [5.41, 5.74) is 7.73. The summed E-state index contributed by atoms with van der Waals surface area (Å²) in [5, 5.41) is 4.24. The molecule has 0 spiro atoms. The highest BCUT2D eigenvalue weighted by atomic mass is 15.2. The quantitative estimate of drug-likeness (QED) is 0.637. The van der Waals surface area contributed by atoms with Gasteiger partial charge in [-0.25, -0.2) is 0 Å². The molecular weight excluding hydrogens is 126 g/mol. The van der Waals surface area contributed by atoms with Gasteiger partial charge in [0.2, 0.25) is 0 Å². The molecule has 10 heavy (non-hydrogen) atoms. The van der Waals surface area contributed by atoms with Crippen molar-refractivity contribution in [3.05, 3.63) is 17.5 Å². The van der Waals surface area contributed by atoms with Crippen molar-refractivity contribution in [3.63, 3.8) is 0 Å². The second-order valence-electron chi connectivity index (χ2n) is 2.47. The van der Waals surface area contributed by atoms with Gasteiger partial charge in [0.1, 0.15) is 0 Å². The number of nitrogens with zero attached hydrogens (tertiary/aromatic N) is 2. The zero-order valence-corrected chi connectivity index (χ0v) is 6.46. The Bertz CT molecular complexity index is 215. The van der Waals surface area contributed by atoms with Gasteiger partial charge in [-0.3, -0.25) is 4.68 Å². The van der Waals surface area contributed by atoms with Crippen LogP contribution in [0.3, 0.4) is 0 Å². The Hall–Kier alpha value is -0.830. The second-order valence-corrected chi connectivity index (χ2v) is 2.47. The molecule has 0 fully saturated rings. The lowest BCUT2D eigenvalue weighted by Gasteiger charge is -1.91. The Morgan fingerprint density at radius 2 is 2.40 bits per heavy atom. The molecule has 0 aromatic carbocycles. The van der Waals surface area contributed by atoms with Crippen molar-refractivity contribution < 1.29 is 0 Å². The first-order chi connectivity index (χ1) is 4.74. The predicted molar refractivity (Wildman–Crippen MR) is 40.7 cm³/mol. The normalized spacial score (nSPS) is 10.3. The van der Waals surface area contributed by atoms with Crippen molar-refractivity contribution in [2.75, 3.05) is 6.54 Å². The third-order valence-electron chi connectivity index (χ3n) is 1.50. The molecule has 3 heteroatoms. The van der Waals surface area contributed by atoms with E-state index in [0.717, 1.165) is 12.1 Å². The molecule has 0 aliphatic rings. The molecule has 56 valence electrons. The summed E-state index contributed by atoms with van der Waals surface area (Å²) >= 11 is 0. The molecular formula is C7H13N3. The fraction of sp³-hybridized carbons (Fsp3) is 0.571. The van der Waals surface area contributed by atoms with Crippen LogP contribution in [0.2, 0.25) is 0 Å². The van der Waals surface area contributed by atoms with Gasteiger partial charge in [0, 0.05) is 19.7 Å². The molecule has 0 unspecified atom stereocenters. The van der Waals surface area contributed by atoms with Crippen LogP contribution in [0.15, 0.2) is 6.20 Å². The van der Waals surface area contributed by atoms with Gasteiger partial charge in [0.25, 0.3) is 0 Å². The average molecular weight is 139 g/mol. The van der Waals surface area contributed by atoms with E-state index in [4.69, 9.17) is 5.73 Å². The molecule has 0 saturated heterocycles. The Kier molecular flexibility index (Phi) is 2.06. The lowest BCUT2D eigenvalue weighted by atomic mass is 10.2. The van der Waals surface area contributed by atoms with Crippen molar-refractivity contribution in [3.8, 4) is 0 Å². The highest BCUT2D eigenvalue weighted by Gasteiger charge is 1.99. The maximum absolute atomic E-state index is 5.39. The SMILES string of the molecule is Cc1cn(C)nc1CCN. The summed E-state index contributed by atoms with van der Waals surface area (Å²) in [6, 6.07) is 0.